The number of hydrogen-bond donors (Lipinski definition) is 1. The highest BCUT2D eigenvalue weighted by Crippen LogP contribution is 2.36. The average molecular weight is 430 g/mol. The number of fused-ring (bicyclic) bond motifs is 3. The largest absolute Gasteiger partial charge is 0.494 e. The van der Waals surface area contributed by atoms with Crippen LogP contribution in [0.5, 0.6) is 5.75 Å². The Bertz CT molecular complexity index is 1260. The predicted octanol–water partition coefficient (Wildman–Crippen LogP) is 3.63. The van der Waals surface area contributed by atoms with Crippen molar-refractivity contribution in [3.8, 4) is 17.0 Å². The number of piperazine rings is 1. The molecule has 8 heteroatoms. The standard InChI is InChI=1S/C24H23FN6O/c1-32-20-4-2-3-16(22(20)25)11-31-17-9-18(31)13-30(12-17)21-6-5-15(10-27-21)23-19-7-8-26-24(19)29-14-28-23/h2-8,10,14,17-18H,9,11-13H2,1H3,(H,26,28,29). The quantitative estimate of drug-likeness (QED) is 0.521. The van der Waals surface area contributed by atoms with E-state index in [1.54, 1.807) is 12.4 Å². The Balaban J connectivity index is 1.16. The molecule has 0 aliphatic carbocycles. The average Bonchev–Trinajstić information content (AvgIpc) is 3.32. The summed E-state index contributed by atoms with van der Waals surface area (Å²) < 4.78 is 19.7. The SMILES string of the molecule is COc1cccc(CN2C3CC2CN(c2ccc(-c4ncnc5[nH]ccc45)cn2)C3)c1F. The molecule has 3 saturated heterocycles. The molecule has 2 atom stereocenters. The number of methoxy groups -OCH3 is 1. The molecule has 3 aromatic heterocycles. The number of rotatable bonds is 5. The molecular formula is C24H23FN6O. The van der Waals surface area contributed by atoms with Gasteiger partial charge in [-0.3, -0.25) is 4.90 Å². The first-order valence-corrected chi connectivity index (χ1v) is 10.8. The van der Waals surface area contributed by atoms with Crippen LogP contribution in [-0.4, -0.2) is 57.1 Å². The van der Waals surface area contributed by atoms with Crippen molar-refractivity contribution in [2.24, 2.45) is 0 Å². The Kier molecular flexibility index (Phi) is 4.53. The molecule has 7 rings (SSSR count). The molecule has 162 valence electrons. The fourth-order valence-corrected chi connectivity index (χ4v) is 4.98. The van der Waals surface area contributed by atoms with E-state index in [-0.39, 0.29) is 5.82 Å². The number of nitrogens with zero attached hydrogens (tertiary/aromatic N) is 5. The molecule has 4 aromatic rings. The lowest BCUT2D eigenvalue weighted by Crippen LogP contribution is -2.68. The minimum atomic E-state index is -0.254. The summed E-state index contributed by atoms with van der Waals surface area (Å²) in [5.41, 5.74) is 3.36. The van der Waals surface area contributed by atoms with Gasteiger partial charge in [-0.1, -0.05) is 12.1 Å². The van der Waals surface area contributed by atoms with Crippen molar-refractivity contribution in [3.63, 3.8) is 0 Å². The van der Waals surface area contributed by atoms with Crippen molar-refractivity contribution >= 4 is 16.9 Å². The van der Waals surface area contributed by atoms with Gasteiger partial charge in [-0.05, 0) is 30.7 Å². The molecule has 1 aromatic carbocycles. The zero-order valence-electron chi connectivity index (χ0n) is 17.7. The summed E-state index contributed by atoms with van der Waals surface area (Å²) in [7, 11) is 1.50. The van der Waals surface area contributed by atoms with E-state index in [1.165, 1.54) is 7.11 Å². The molecule has 32 heavy (non-hydrogen) atoms. The minimum Gasteiger partial charge on any atom is -0.494 e. The van der Waals surface area contributed by atoms with Crippen LogP contribution in [0.15, 0.2) is 55.1 Å². The summed E-state index contributed by atoms with van der Waals surface area (Å²) in [6.07, 6.45) is 6.47. The van der Waals surface area contributed by atoms with E-state index in [4.69, 9.17) is 9.72 Å². The van der Waals surface area contributed by atoms with Crippen LogP contribution in [0.1, 0.15) is 12.0 Å². The van der Waals surface area contributed by atoms with Gasteiger partial charge in [0, 0.05) is 60.6 Å². The lowest BCUT2D eigenvalue weighted by molar-refractivity contribution is -0.00954. The first kappa shape index (κ1) is 19.2. The van der Waals surface area contributed by atoms with Gasteiger partial charge in [0.05, 0.1) is 12.8 Å². The zero-order valence-corrected chi connectivity index (χ0v) is 17.7. The third-order valence-electron chi connectivity index (χ3n) is 6.66. The highest BCUT2D eigenvalue weighted by atomic mass is 19.1. The number of piperidine rings is 1. The van der Waals surface area contributed by atoms with E-state index in [2.05, 4.69) is 36.9 Å². The highest BCUT2D eigenvalue weighted by molar-refractivity contribution is 5.90. The third-order valence-corrected chi connectivity index (χ3v) is 6.66. The Morgan fingerprint density at radius 2 is 1.97 bits per heavy atom. The van der Waals surface area contributed by atoms with Gasteiger partial charge in [-0.25, -0.2) is 19.3 Å². The number of halogens is 1. The maximum Gasteiger partial charge on any atom is 0.169 e. The Morgan fingerprint density at radius 3 is 2.75 bits per heavy atom. The van der Waals surface area contributed by atoms with E-state index in [9.17, 15) is 4.39 Å². The van der Waals surface area contributed by atoms with Crippen LogP contribution in [0, 0.1) is 5.82 Å². The van der Waals surface area contributed by atoms with Gasteiger partial charge in [0.1, 0.15) is 17.8 Å². The molecule has 2 bridgehead atoms. The summed E-state index contributed by atoms with van der Waals surface area (Å²) >= 11 is 0. The topological polar surface area (TPSA) is 70.2 Å². The lowest BCUT2D eigenvalue weighted by Gasteiger charge is -2.56. The van der Waals surface area contributed by atoms with Crippen LogP contribution >= 0.6 is 0 Å². The van der Waals surface area contributed by atoms with E-state index in [1.807, 2.05) is 30.6 Å². The molecule has 0 saturated carbocycles. The van der Waals surface area contributed by atoms with Gasteiger partial charge >= 0.3 is 0 Å². The van der Waals surface area contributed by atoms with E-state index in [0.717, 1.165) is 47.6 Å². The second kappa shape index (κ2) is 7.56. The number of H-pyrrole nitrogens is 1. The number of aromatic nitrogens is 4. The number of hydrogen-bond acceptors (Lipinski definition) is 6. The van der Waals surface area contributed by atoms with Crippen molar-refractivity contribution in [2.45, 2.75) is 25.0 Å². The molecular weight excluding hydrogens is 407 g/mol. The molecule has 0 amide bonds. The molecule has 1 N–H and O–H groups in total. The van der Waals surface area contributed by atoms with Gasteiger partial charge in [0.15, 0.2) is 11.6 Å². The first-order chi connectivity index (χ1) is 15.7. The number of pyridine rings is 1. The Morgan fingerprint density at radius 1 is 1.09 bits per heavy atom. The van der Waals surface area contributed by atoms with Crippen molar-refractivity contribution < 1.29 is 9.13 Å². The molecule has 3 aliphatic rings. The maximum atomic E-state index is 14.6. The number of benzene rings is 1. The zero-order chi connectivity index (χ0) is 21.7. The number of anilines is 1. The smallest absolute Gasteiger partial charge is 0.169 e. The Hall–Kier alpha value is -3.52. The normalized spacial score (nSPS) is 20.4. The number of aromatic amines is 1. The predicted molar refractivity (Wildman–Crippen MR) is 120 cm³/mol. The van der Waals surface area contributed by atoms with E-state index < -0.39 is 0 Å². The third kappa shape index (κ3) is 3.10. The molecule has 0 spiro atoms. The second-order valence-corrected chi connectivity index (χ2v) is 8.42. The van der Waals surface area contributed by atoms with Crippen LogP contribution in [0.3, 0.4) is 0 Å². The van der Waals surface area contributed by atoms with Crippen LogP contribution in [-0.2, 0) is 6.54 Å². The van der Waals surface area contributed by atoms with Gasteiger partial charge in [0.25, 0.3) is 0 Å². The van der Waals surface area contributed by atoms with Crippen molar-refractivity contribution in [2.75, 3.05) is 25.1 Å². The van der Waals surface area contributed by atoms with E-state index >= 15 is 0 Å². The molecule has 2 unspecified atom stereocenters. The summed E-state index contributed by atoms with van der Waals surface area (Å²) in [5.74, 6) is 1.02. The van der Waals surface area contributed by atoms with Crippen LogP contribution in [0.2, 0.25) is 0 Å². The van der Waals surface area contributed by atoms with Gasteiger partial charge in [0.2, 0.25) is 0 Å². The fraction of sp³-hybridized carbons (Fsp3) is 0.292. The van der Waals surface area contributed by atoms with Gasteiger partial charge in [-0.15, -0.1) is 0 Å². The molecule has 3 fully saturated rings. The van der Waals surface area contributed by atoms with Crippen molar-refractivity contribution in [1.82, 2.24) is 24.8 Å². The molecule has 6 heterocycles. The second-order valence-electron chi connectivity index (χ2n) is 8.42. The van der Waals surface area contributed by atoms with Gasteiger partial charge in [-0.2, -0.15) is 0 Å². The lowest BCUT2D eigenvalue weighted by atomic mass is 9.86. The van der Waals surface area contributed by atoms with Crippen LogP contribution < -0.4 is 9.64 Å². The van der Waals surface area contributed by atoms with Crippen LogP contribution in [0.4, 0.5) is 10.2 Å². The molecule has 7 nitrogen and oxygen atoms in total. The highest BCUT2D eigenvalue weighted by Gasteiger charge is 2.45. The summed E-state index contributed by atoms with van der Waals surface area (Å²) in [6.45, 7) is 2.40. The Labute approximate surface area is 184 Å². The van der Waals surface area contributed by atoms with Gasteiger partial charge < -0.3 is 14.6 Å². The monoisotopic (exact) mass is 430 g/mol. The number of nitrogens with one attached hydrogen (secondary N) is 1. The number of ether oxygens (including phenoxy) is 1. The first-order valence-electron chi connectivity index (χ1n) is 10.8. The van der Waals surface area contributed by atoms with Crippen molar-refractivity contribution in [3.05, 3.63) is 66.5 Å². The molecule has 0 radical (unpaired) electrons. The fourth-order valence-electron chi connectivity index (χ4n) is 4.98. The summed E-state index contributed by atoms with van der Waals surface area (Å²) in [4.78, 5) is 21.3. The molecule has 3 aliphatic heterocycles. The van der Waals surface area contributed by atoms with E-state index in [0.29, 0.717) is 29.9 Å². The summed E-state index contributed by atoms with van der Waals surface area (Å²) in [5, 5.41) is 0.988. The maximum absolute atomic E-state index is 14.6. The minimum absolute atomic E-state index is 0.254. The summed E-state index contributed by atoms with van der Waals surface area (Å²) in [6, 6.07) is 12.3. The van der Waals surface area contributed by atoms with Crippen molar-refractivity contribution in [1.29, 1.82) is 0 Å². The van der Waals surface area contributed by atoms with Crippen LogP contribution in [0.25, 0.3) is 22.3 Å².